The SMILES string of the molecule is O=C1COC2CCN(C(=O)N3CCC(Oc4cc(C(F)(F)F)ccc4F)C3)CC2N1. The number of piperidine rings is 1. The Morgan fingerprint density at radius 2 is 1.90 bits per heavy atom. The van der Waals surface area contributed by atoms with Crippen LogP contribution in [0.2, 0.25) is 0 Å². The number of morpholine rings is 1. The second-order valence-electron chi connectivity index (χ2n) is 7.66. The molecule has 0 spiro atoms. The third-order valence-electron chi connectivity index (χ3n) is 5.56. The van der Waals surface area contributed by atoms with Crippen molar-refractivity contribution in [1.29, 1.82) is 0 Å². The molecule has 3 aliphatic rings. The largest absolute Gasteiger partial charge is 0.485 e. The molecule has 3 aliphatic heterocycles. The van der Waals surface area contributed by atoms with Crippen LogP contribution in [0.25, 0.3) is 0 Å². The molecule has 0 bridgehead atoms. The first-order valence-corrected chi connectivity index (χ1v) is 9.69. The number of likely N-dealkylation sites (tertiary alicyclic amines) is 2. The van der Waals surface area contributed by atoms with Crippen LogP contribution in [0, 0.1) is 5.82 Å². The van der Waals surface area contributed by atoms with Gasteiger partial charge >= 0.3 is 12.2 Å². The van der Waals surface area contributed by atoms with E-state index in [1.165, 1.54) is 4.90 Å². The number of benzene rings is 1. The zero-order chi connectivity index (χ0) is 21.5. The number of hydrogen-bond acceptors (Lipinski definition) is 4. The molecule has 3 unspecified atom stereocenters. The highest BCUT2D eigenvalue weighted by atomic mass is 19.4. The van der Waals surface area contributed by atoms with Crippen molar-refractivity contribution in [3.05, 3.63) is 29.6 Å². The Morgan fingerprint density at radius 1 is 1.17 bits per heavy atom. The van der Waals surface area contributed by atoms with Gasteiger partial charge in [-0.1, -0.05) is 0 Å². The molecule has 0 aromatic heterocycles. The van der Waals surface area contributed by atoms with E-state index >= 15 is 0 Å². The van der Waals surface area contributed by atoms with Crippen LogP contribution in [0.5, 0.6) is 5.75 Å². The van der Waals surface area contributed by atoms with Crippen molar-refractivity contribution in [3.8, 4) is 5.75 Å². The molecule has 1 N–H and O–H groups in total. The summed E-state index contributed by atoms with van der Waals surface area (Å²) < 4.78 is 63.4. The smallest absolute Gasteiger partial charge is 0.416 e. The first kappa shape index (κ1) is 20.7. The molecule has 7 nitrogen and oxygen atoms in total. The number of fused-ring (bicyclic) bond motifs is 1. The number of hydrogen-bond donors (Lipinski definition) is 1. The number of nitrogens with one attached hydrogen (secondary N) is 1. The lowest BCUT2D eigenvalue weighted by Crippen LogP contribution is -2.62. The summed E-state index contributed by atoms with van der Waals surface area (Å²) in [6.45, 7) is 1.30. The predicted octanol–water partition coefficient (Wildman–Crippen LogP) is 2.01. The molecule has 3 saturated heterocycles. The van der Waals surface area contributed by atoms with Crippen LogP contribution < -0.4 is 10.1 Å². The maximum Gasteiger partial charge on any atom is 0.416 e. The summed E-state index contributed by atoms with van der Waals surface area (Å²) >= 11 is 0. The average molecular weight is 431 g/mol. The second kappa shape index (κ2) is 7.93. The van der Waals surface area contributed by atoms with Gasteiger partial charge < -0.3 is 24.6 Å². The van der Waals surface area contributed by atoms with E-state index in [4.69, 9.17) is 9.47 Å². The lowest BCUT2D eigenvalue weighted by Gasteiger charge is -2.42. The van der Waals surface area contributed by atoms with Crippen molar-refractivity contribution in [2.75, 3.05) is 32.8 Å². The normalized spacial score (nSPS) is 26.9. The molecule has 164 valence electrons. The van der Waals surface area contributed by atoms with E-state index < -0.39 is 29.4 Å². The lowest BCUT2D eigenvalue weighted by molar-refractivity contribution is -0.140. The van der Waals surface area contributed by atoms with Crippen molar-refractivity contribution in [2.45, 2.75) is 37.3 Å². The first-order chi connectivity index (χ1) is 14.2. The fourth-order valence-corrected chi connectivity index (χ4v) is 4.02. The summed E-state index contributed by atoms with van der Waals surface area (Å²) in [5, 5.41) is 2.82. The highest BCUT2D eigenvalue weighted by Crippen LogP contribution is 2.33. The highest BCUT2D eigenvalue weighted by molar-refractivity contribution is 5.79. The van der Waals surface area contributed by atoms with E-state index in [-0.39, 0.29) is 37.2 Å². The Labute approximate surface area is 169 Å². The van der Waals surface area contributed by atoms with Gasteiger partial charge in [-0.2, -0.15) is 13.2 Å². The van der Waals surface area contributed by atoms with E-state index in [1.807, 2.05) is 0 Å². The summed E-state index contributed by atoms with van der Waals surface area (Å²) in [5.41, 5.74) is -0.996. The van der Waals surface area contributed by atoms with Gasteiger partial charge in [0.15, 0.2) is 11.6 Å². The molecule has 1 aromatic rings. The Morgan fingerprint density at radius 3 is 2.67 bits per heavy atom. The van der Waals surface area contributed by atoms with Crippen LogP contribution in [0.1, 0.15) is 18.4 Å². The van der Waals surface area contributed by atoms with Crippen LogP contribution in [0.3, 0.4) is 0 Å². The summed E-state index contributed by atoms with van der Waals surface area (Å²) in [4.78, 5) is 27.5. The summed E-state index contributed by atoms with van der Waals surface area (Å²) in [7, 11) is 0. The number of rotatable bonds is 2. The molecule has 3 fully saturated rings. The van der Waals surface area contributed by atoms with Crippen molar-refractivity contribution >= 4 is 11.9 Å². The second-order valence-corrected chi connectivity index (χ2v) is 7.66. The molecule has 11 heteroatoms. The summed E-state index contributed by atoms with van der Waals surface area (Å²) in [5.74, 6) is -1.59. The van der Waals surface area contributed by atoms with E-state index in [1.54, 1.807) is 4.90 Å². The van der Waals surface area contributed by atoms with Crippen molar-refractivity contribution < 1.29 is 36.6 Å². The molecule has 0 aliphatic carbocycles. The van der Waals surface area contributed by atoms with Gasteiger partial charge in [-0.05, 0) is 24.6 Å². The topological polar surface area (TPSA) is 71.1 Å². The predicted molar refractivity (Wildman–Crippen MR) is 95.3 cm³/mol. The molecular formula is C19H21F4N3O4. The first-order valence-electron chi connectivity index (χ1n) is 9.69. The van der Waals surface area contributed by atoms with Gasteiger partial charge in [-0.15, -0.1) is 0 Å². The maximum atomic E-state index is 13.9. The van der Waals surface area contributed by atoms with Crippen molar-refractivity contribution in [3.63, 3.8) is 0 Å². The minimum absolute atomic E-state index is 0.0202. The van der Waals surface area contributed by atoms with Crippen molar-refractivity contribution in [1.82, 2.24) is 15.1 Å². The van der Waals surface area contributed by atoms with Gasteiger partial charge in [0.05, 0.1) is 24.3 Å². The molecule has 3 heterocycles. The number of nitrogens with zero attached hydrogens (tertiary/aromatic N) is 2. The summed E-state index contributed by atoms with van der Waals surface area (Å²) in [6, 6.07) is 1.50. The van der Waals surface area contributed by atoms with Gasteiger partial charge in [-0.3, -0.25) is 4.79 Å². The number of halogens is 4. The number of carbonyl (C=O) groups is 2. The van der Waals surface area contributed by atoms with Crippen LogP contribution in [-0.2, 0) is 15.7 Å². The average Bonchev–Trinajstić information content (AvgIpc) is 3.16. The number of amides is 3. The molecule has 3 atom stereocenters. The molecular weight excluding hydrogens is 410 g/mol. The van der Waals surface area contributed by atoms with E-state index in [0.717, 1.165) is 6.07 Å². The van der Waals surface area contributed by atoms with Crippen LogP contribution in [0.15, 0.2) is 18.2 Å². The Kier molecular flexibility index (Phi) is 5.48. The molecule has 4 rings (SSSR count). The lowest BCUT2D eigenvalue weighted by atomic mass is 10.0. The third kappa shape index (κ3) is 4.30. The summed E-state index contributed by atoms with van der Waals surface area (Å²) in [6.07, 6.45) is -4.36. The van der Waals surface area contributed by atoms with Gasteiger partial charge in [0, 0.05) is 26.1 Å². The molecule has 0 saturated carbocycles. The fraction of sp³-hybridized carbons (Fsp3) is 0.579. The van der Waals surface area contributed by atoms with Gasteiger partial charge in [0.2, 0.25) is 5.91 Å². The minimum Gasteiger partial charge on any atom is -0.485 e. The number of alkyl halides is 3. The quantitative estimate of drug-likeness (QED) is 0.728. The molecule has 3 amide bonds. The number of ether oxygens (including phenoxy) is 2. The fourth-order valence-electron chi connectivity index (χ4n) is 4.02. The van der Waals surface area contributed by atoms with Crippen molar-refractivity contribution in [2.24, 2.45) is 0 Å². The standard InChI is InChI=1S/C19H21F4N3O4/c20-13-2-1-11(19(21,22)23)7-16(13)30-12-3-5-25(8-12)18(28)26-6-4-15-14(9-26)24-17(27)10-29-15/h1-2,7,12,14-15H,3-6,8-10H2,(H,24,27). The zero-order valence-electron chi connectivity index (χ0n) is 16.0. The Hall–Kier alpha value is -2.56. The van der Waals surface area contributed by atoms with E-state index in [9.17, 15) is 27.2 Å². The number of urea groups is 1. The van der Waals surface area contributed by atoms with Crippen LogP contribution in [-0.4, -0.2) is 72.8 Å². The molecule has 0 radical (unpaired) electrons. The third-order valence-corrected chi connectivity index (χ3v) is 5.56. The monoisotopic (exact) mass is 431 g/mol. The van der Waals surface area contributed by atoms with E-state index in [0.29, 0.717) is 44.6 Å². The Bertz CT molecular complexity index is 834. The molecule has 1 aromatic carbocycles. The van der Waals surface area contributed by atoms with Gasteiger partial charge in [-0.25, -0.2) is 9.18 Å². The van der Waals surface area contributed by atoms with Crippen LogP contribution >= 0.6 is 0 Å². The zero-order valence-corrected chi connectivity index (χ0v) is 16.0. The highest BCUT2D eigenvalue weighted by Gasteiger charge is 2.39. The van der Waals surface area contributed by atoms with Crippen LogP contribution in [0.4, 0.5) is 22.4 Å². The number of carbonyl (C=O) groups excluding carboxylic acids is 2. The minimum atomic E-state index is -4.60. The maximum absolute atomic E-state index is 13.9. The van der Waals surface area contributed by atoms with E-state index in [2.05, 4.69) is 5.32 Å². The van der Waals surface area contributed by atoms with Gasteiger partial charge in [0.25, 0.3) is 0 Å². The van der Waals surface area contributed by atoms with Gasteiger partial charge in [0.1, 0.15) is 12.7 Å². The molecule has 30 heavy (non-hydrogen) atoms. The Balaban J connectivity index is 1.36.